The molecule has 2 heterocycles. The Balaban J connectivity index is 2.07. The molecule has 0 saturated carbocycles. The van der Waals surface area contributed by atoms with Crippen LogP contribution >= 0.6 is 23.1 Å². The van der Waals surface area contributed by atoms with Crippen LogP contribution in [0.3, 0.4) is 0 Å². The van der Waals surface area contributed by atoms with Crippen molar-refractivity contribution < 1.29 is 0 Å². The largest absolute Gasteiger partial charge is 0.265 e. The van der Waals surface area contributed by atoms with Crippen LogP contribution in [0.5, 0.6) is 0 Å². The van der Waals surface area contributed by atoms with E-state index >= 15 is 0 Å². The first kappa shape index (κ1) is 10.6. The molecule has 1 atom stereocenters. The lowest BCUT2D eigenvalue weighted by molar-refractivity contribution is 1.07. The maximum atomic E-state index is 4.44. The average Bonchev–Trinajstić information content (AvgIpc) is 2.65. The van der Waals surface area contributed by atoms with E-state index in [0.29, 0.717) is 5.25 Å². The molecule has 0 aliphatic rings. The molecule has 0 amide bonds. The molecular weight excluding hydrogens is 224 g/mol. The highest BCUT2D eigenvalue weighted by molar-refractivity contribution is 8.01. The van der Waals surface area contributed by atoms with E-state index in [1.807, 2.05) is 19.3 Å². The maximum absolute atomic E-state index is 4.44. The van der Waals surface area contributed by atoms with Gasteiger partial charge >= 0.3 is 0 Å². The second-order valence-electron chi connectivity index (χ2n) is 3.30. The van der Waals surface area contributed by atoms with Gasteiger partial charge in [0, 0.05) is 28.7 Å². The Bertz CT molecular complexity index is 425. The Morgan fingerprint density at radius 3 is 2.67 bits per heavy atom. The highest BCUT2D eigenvalue weighted by Crippen LogP contribution is 2.35. The molecule has 2 nitrogen and oxygen atoms in total. The molecule has 0 aliphatic carbocycles. The van der Waals surface area contributed by atoms with E-state index in [-0.39, 0.29) is 0 Å². The SMILES string of the molecule is Cc1csc(SC(C)c2ccncc2)n1. The number of pyridine rings is 1. The zero-order chi connectivity index (χ0) is 10.7. The quantitative estimate of drug-likeness (QED) is 0.760. The van der Waals surface area contributed by atoms with E-state index in [4.69, 9.17) is 0 Å². The van der Waals surface area contributed by atoms with Crippen LogP contribution < -0.4 is 0 Å². The minimum absolute atomic E-state index is 0.429. The van der Waals surface area contributed by atoms with Crippen molar-refractivity contribution in [2.45, 2.75) is 23.4 Å². The Hall–Kier alpha value is -0.870. The van der Waals surface area contributed by atoms with Crippen molar-refractivity contribution in [3.63, 3.8) is 0 Å². The standard InChI is InChI=1S/C11H12N2S2/c1-8-7-14-11(13-8)15-9(2)10-3-5-12-6-4-10/h3-7,9H,1-2H3. The Morgan fingerprint density at radius 1 is 1.33 bits per heavy atom. The molecule has 0 radical (unpaired) electrons. The first-order valence-corrected chi connectivity index (χ1v) is 6.50. The Kier molecular flexibility index (Phi) is 3.38. The predicted molar refractivity (Wildman–Crippen MR) is 65.4 cm³/mol. The van der Waals surface area contributed by atoms with Gasteiger partial charge in [0.05, 0.1) is 0 Å². The van der Waals surface area contributed by atoms with Crippen LogP contribution in [0.25, 0.3) is 0 Å². The van der Waals surface area contributed by atoms with Crippen molar-refractivity contribution in [2.75, 3.05) is 0 Å². The molecular formula is C11H12N2S2. The summed E-state index contributed by atoms with van der Waals surface area (Å²) in [6.07, 6.45) is 3.67. The summed E-state index contributed by atoms with van der Waals surface area (Å²) in [6, 6.07) is 4.11. The molecule has 0 fully saturated rings. The number of nitrogens with zero attached hydrogens (tertiary/aromatic N) is 2. The first-order chi connectivity index (χ1) is 7.25. The van der Waals surface area contributed by atoms with E-state index < -0.39 is 0 Å². The number of aromatic nitrogens is 2. The van der Waals surface area contributed by atoms with Crippen molar-refractivity contribution in [3.05, 3.63) is 41.2 Å². The third-order valence-electron chi connectivity index (χ3n) is 2.05. The van der Waals surface area contributed by atoms with E-state index in [1.54, 1.807) is 23.1 Å². The van der Waals surface area contributed by atoms with Gasteiger partial charge in [-0.25, -0.2) is 4.98 Å². The number of hydrogen-bond acceptors (Lipinski definition) is 4. The van der Waals surface area contributed by atoms with Crippen LogP contribution in [0.15, 0.2) is 34.2 Å². The van der Waals surface area contributed by atoms with Crippen molar-refractivity contribution in [3.8, 4) is 0 Å². The van der Waals surface area contributed by atoms with E-state index in [2.05, 4.69) is 34.4 Å². The van der Waals surface area contributed by atoms with Gasteiger partial charge in [0.25, 0.3) is 0 Å². The smallest absolute Gasteiger partial charge is 0.150 e. The molecule has 2 aromatic heterocycles. The summed E-state index contributed by atoms with van der Waals surface area (Å²) in [5.74, 6) is 0. The molecule has 1 unspecified atom stereocenters. The second kappa shape index (κ2) is 4.77. The van der Waals surface area contributed by atoms with Crippen LogP contribution in [0, 0.1) is 6.92 Å². The van der Waals surface area contributed by atoms with Gasteiger partial charge in [0.1, 0.15) is 0 Å². The summed E-state index contributed by atoms with van der Waals surface area (Å²) in [4.78, 5) is 8.46. The van der Waals surface area contributed by atoms with E-state index in [1.165, 1.54) is 5.56 Å². The summed E-state index contributed by atoms with van der Waals surface area (Å²) in [5, 5.41) is 2.51. The van der Waals surface area contributed by atoms with Gasteiger partial charge in [0.2, 0.25) is 0 Å². The molecule has 78 valence electrons. The lowest BCUT2D eigenvalue weighted by atomic mass is 10.2. The van der Waals surface area contributed by atoms with Gasteiger partial charge in [-0.05, 0) is 31.5 Å². The molecule has 4 heteroatoms. The van der Waals surface area contributed by atoms with Gasteiger partial charge in [-0.15, -0.1) is 11.3 Å². The van der Waals surface area contributed by atoms with Gasteiger partial charge in [-0.2, -0.15) is 0 Å². The molecule has 0 aliphatic heterocycles. The molecule has 0 N–H and O–H groups in total. The molecule has 2 rings (SSSR count). The Morgan fingerprint density at radius 2 is 2.07 bits per heavy atom. The lowest BCUT2D eigenvalue weighted by Crippen LogP contribution is -1.87. The molecule has 15 heavy (non-hydrogen) atoms. The topological polar surface area (TPSA) is 25.8 Å². The summed E-state index contributed by atoms with van der Waals surface area (Å²) in [5.41, 5.74) is 2.40. The van der Waals surface area contributed by atoms with Crippen molar-refractivity contribution >= 4 is 23.1 Å². The summed E-state index contributed by atoms with van der Waals surface area (Å²) in [7, 11) is 0. The third kappa shape index (κ3) is 2.79. The highest BCUT2D eigenvalue weighted by atomic mass is 32.2. The number of thiazole rings is 1. The minimum Gasteiger partial charge on any atom is -0.265 e. The number of thioether (sulfide) groups is 1. The number of hydrogen-bond donors (Lipinski definition) is 0. The molecule has 0 aromatic carbocycles. The Labute approximate surface area is 97.8 Å². The number of rotatable bonds is 3. The fourth-order valence-electron chi connectivity index (χ4n) is 1.24. The number of aryl methyl sites for hydroxylation is 1. The predicted octanol–water partition coefficient (Wildman–Crippen LogP) is 3.70. The lowest BCUT2D eigenvalue weighted by Gasteiger charge is -2.08. The normalized spacial score (nSPS) is 12.7. The van der Waals surface area contributed by atoms with Crippen LogP contribution in [-0.4, -0.2) is 9.97 Å². The van der Waals surface area contributed by atoms with Crippen LogP contribution in [-0.2, 0) is 0 Å². The highest BCUT2D eigenvalue weighted by Gasteiger charge is 2.09. The summed E-state index contributed by atoms with van der Waals surface area (Å²) >= 11 is 3.51. The van der Waals surface area contributed by atoms with Crippen LogP contribution in [0.1, 0.15) is 23.4 Å². The monoisotopic (exact) mass is 236 g/mol. The zero-order valence-electron chi connectivity index (χ0n) is 8.68. The summed E-state index contributed by atoms with van der Waals surface area (Å²) < 4.78 is 1.14. The van der Waals surface area contributed by atoms with Gasteiger partial charge < -0.3 is 0 Å². The van der Waals surface area contributed by atoms with E-state index in [0.717, 1.165) is 10.0 Å². The fourth-order valence-corrected chi connectivity index (χ4v) is 3.35. The van der Waals surface area contributed by atoms with Crippen molar-refractivity contribution in [2.24, 2.45) is 0 Å². The first-order valence-electron chi connectivity index (χ1n) is 4.74. The minimum atomic E-state index is 0.429. The van der Waals surface area contributed by atoms with Crippen LogP contribution in [0.4, 0.5) is 0 Å². The second-order valence-corrected chi connectivity index (χ2v) is 5.74. The molecule has 0 saturated heterocycles. The molecule has 2 aromatic rings. The average molecular weight is 236 g/mol. The maximum Gasteiger partial charge on any atom is 0.150 e. The zero-order valence-corrected chi connectivity index (χ0v) is 10.3. The third-order valence-corrected chi connectivity index (χ3v) is 4.30. The molecule has 0 spiro atoms. The van der Waals surface area contributed by atoms with Gasteiger partial charge in [-0.3, -0.25) is 4.98 Å². The van der Waals surface area contributed by atoms with Crippen molar-refractivity contribution in [1.82, 2.24) is 9.97 Å². The van der Waals surface area contributed by atoms with Gasteiger partial charge in [0.15, 0.2) is 4.34 Å². The molecule has 0 bridgehead atoms. The van der Waals surface area contributed by atoms with Crippen LogP contribution in [0.2, 0.25) is 0 Å². The van der Waals surface area contributed by atoms with Crippen molar-refractivity contribution in [1.29, 1.82) is 0 Å². The fraction of sp³-hybridized carbons (Fsp3) is 0.273. The van der Waals surface area contributed by atoms with Gasteiger partial charge in [-0.1, -0.05) is 11.8 Å². The summed E-state index contributed by atoms with van der Waals surface area (Å²) in [6.45, 7) is 4.22. The van der Waals surface area contributed by atoms with E-state index in [9.17, 15) is 0 Å².